The Hall–Kier alpha value is -1.89. The molecule has 20 heavy (non-hydrogen) atoms. The first kappa shape index (κ1) is 13.1. The van der Waals surface area contributed by atoms with E-state index in [1.165, 1.54) is 6.20 Å². The molecule has 1 fully saturated rings. The number of hydrogen-bond acceptors (Lipinski definition) is 5. The lowest BCUT2D eigenvalue weighted by atomic mass is 10.1. The van der Waals surface area contributed by atoms with E-state index >= 15 is 0 Å². The lowest BCUT2D eigenvalue weighted by Gasteiger charge is -2.15. The summed E-state index contributed by atoms with van der Waals surface area (Å²) in [6.07, 6.45) is 2.47. The molecule has 0 aliphatic carbocycles. The molecule has 1 aliphatic rings. The number of nitro groups is 1. The Morgan fingerprint density at radius 3 is 3.10 bits per heavy atom. The second-order valence-electron chi connectivity index (χ2n) is 4.61. The Morgan fingerprint density at radius 1 is 1.55 bits per heavy atom. The van der Waals surface area contributed by atoms with Gasteiger partial charge in [0.25, 0.3) is 5.69 Å². The second kappa shape index (κ2) is 5.24. The van der Waals surface area contributed by atoms with Gasteiger partial charge in [0.2, 0.25) is 0 Å². The van der Waals surface area contributed by atoms with Crippen LogP contribution in [0.5, 0.6) is 0 Å². The van der Waals surface area contributed by atoms with Crippen LogP contribution in [0.25, 0.3) is 10.9 Å². The molecule has 1 N–H and O–H groups in total. The van der Waals surface area contributed by atoms with Crippen LogP contribution in [0.3, 0.4) is 0 Å². The molecule has 7 heteroatoms. The normalized spacial score (nSPS) is 18.4. The number of aromatic nitrogens is 1. The highest BCUT2D eigenvalue weighted by molar-refractivity contribution is 7.99. The van der Waals surface area contributed by atoms with Crippen LogP contribution in [0.4, 0.5) is 15.8 Å². The number of hydrogen-bond donors (Lipinski definition) is 1. The monoisotopic (exact) mass is 293 g/mol. The van der Waals surface area contributed by atoms with Crippen molar-refractivity contribution in [1.29, 1.82) is 0 Å². The zero-order chi connectivity index (χ0) is 14.1. The molecule has 0 spiro atoms. The molecule has 104 valence electrons. The minimum Gasteiger partial charge on any atom is -0.377 e. The van der Waals surface area contributed by atoms with E-state index in [9.17, 15) is 14.5 Å². The minimum absolute atomic E-state index is 0.182. The molecule has 1 saturated heterocycles. The summed E-state index contributed by atoms with van der Waals surface area (Å²) in [6, 6.07) is 4.35. The van der Waals surface area contributed by atoms with Crippen molar-refractivity contribution < 1.29 is 9.31 Å². The van der Waals surface area contributed by atoms with Gasteiger partial charge in [-0.2, -0.15) is 11.8 Å². The summed E-state index contributed by atoms with van der Waals surface area (Å²) >= 11 is 1.81. The number of benzene rings is 1. The molecule has 1 aliphatic heterocycles. The fourth-order valence-electron chi connectivity index (χ4n) is 2.34. The molecule has 0 radical (unpaired) electrons. The van der Waals surface area contributed by atoms with Gasteiger partial charge >= 0.3 is 0 Å². The van der Waals surface area contributed by atoms with Gasteiger partial charge in [-0.05, 0) is 24.3 Å². The molecule has 0 bridgehead atoms. The predicted octanol–water partition coefficient (Wildman–Crippen LogP) is 3.20. The van der Waals surface area contributed by atoms with E-state index in [1.54, 1.807) is 12.1 Å². The highest BCUT2D eigenvalue weighted by Gasteiger charge is 2.23. The molecule has 3 rings (SSSR count). The maximum atomic E-state index is 14.2. The van der Waals surface area contributed by atoms with Gasteiger partial charge in [-0.15, -0.1) is 0 Å². The van der Waals surface area contributed by atoms with Crippen molar-refractivity contribution in [1.82, 2.24) is 4.98 Å². The first-order valence-electron chi connectivity index (χ1n) is 6.22. The molecular weight excluding hydrogens is 281 g/mol. The van der Waals surface area contributed by atoms with Crippen LogP contribution in [0.2, 0.25) is 0 Å². The van der Waals surface area contributed by atoms with E-state index in [4.69, 9.17) is 0 Å². The molecule has 1 unspecified atom stereocenters. The summed E-state index contributed by atoms with van der Waals surface area (Å²) in [6.45, 7) is 0. The lowest BCUT2D eigenvalue weighted by molar-refractivity contribution is -0.383. The molecule has 2 heterocycles. The third-order valence-corrected chi connectivity index (χ3v) is 4.46. The smallest absolute Gasteiger partial charge is 0.281 e. The van der Waals surface area contributed by atoms with E-state index in [2.05, 4.69) is 10.3 Å². The molecule has 1 aromatic heterocycles. The van der Waals surface area contributed by atoms with Crippen LogP contribution in [0.1, 0.15) is 6.42 Å². The van der Waals surface area contributed by atoms with Crippen LogP contribution in [-0.2, 0) is 0 Å². The third-order valence-electron chi connectivity index (χ3n) is 3.30. The Morgan fingerprint density at radius 2 is 2.40 bits per heavy atom. The molecular formula is C13H12FN3O2S. The summed E-state index contributed by atoms with van der Waals surface area (Å²) in [5.41, 5.74) is 0.326. The van der Waals surface area contributed by atoms with Crippen molar-refractivity contribution >= 4 is 34.0 Å². The van der Waals surface area contributed by atoms with Gasteiger partial charge in [-0.3, -0.25) is 15.1 Å². The molecule has 1 atom stereocenters. The maximum absolute atomic E-state index is 14.2. The van der Waals surface area contributed by atoms with E-state index in [1.807, 2.05) is 11.8 Å². The second-order valence-corrected chi connectivity index (χ2v) is 5.76. The van der Waals surface area contributed by atoms with Crippen molar-refractivity contribution in [3.8, 4) is 0 Å². The number of pyridine rings is 1. The summed E-state index contributed by atoms with van der Waals surface area (Å²) in [5.74, 6) is 1.32. The topological polar surface area (TPSA) is 68.1 Å². The number of nitro benzene ring substituents is 1. The van der Waals surface area contributed by atoms with Gasteiger partial charge in [0.1, 0.15) is 5.52 Å². The number of halogens is 1. The minimum atomic E-state index is -0.625. The largest absolute Gasteiger partial charge is 0.377 e. The van der Waals surface area contributed by atoms with Crippen molar-refractivity contribution in [3.63, 3.8) is 0 Å². The van der Waals surface area contributed by atoms with Gasteiger partial charge in [-0.25, -0.2) is 4.39 Å². The van der Waals surface area contributed by atoms with Gasteiger partial charge < -0.3 is 5.32 Å². The lowest BCUT2D eigenvalue weighted by Crippen LogP contribution is -2.19. The number of thioether (sulfide) groups is 1. The first-order chi connectivity index (χ1) is 9.66. The fraction of sp³-hybridized carbons (Fsp3) is 0.308. The molecule has 5 nitrogen and oxygen atoms in total. The molecule has 1 aromatic carbocycles. The van der Waals surface area contributed by atoms with E-state index in [0.717, 1.165) is 24.0 Å². The van der Waals surface area contributed by atoms with Gasteiger partial charge in [0.05, 0.1) is 22.1 Å². The van der Waals surface area contributed by atoms with Gasteiger partial charge in [0, 0.05) is 18.0 Å². The number of non-ortho nitro benzene ring substituents is 1. The van der Waals surface area contributed by atoms with Crippen molar-refractivity contribution in [2.24, 2.45) is 0 Å². The molecule has 0 saturated carbocycles. The fourth-order valence-corrected chi connectivity index (χ4v) is 3.49. The first-order valence-corrected chi connectivity index (χ1v) is 7.38. The summed E-state index contributed by atoms with van der Waals surface area (Å²) in [5, 5.41) is 14.5. The zero-order valence-corrected chi connectivity index (χ0v) is 11.3. The van der Waals surface area contributed by atoms with E-state index in [-0.39, 0.29) is 17.4 Å². The summed E-state index contributed by atoms with van der Waals surface area (Å²) < 4.78 is 14.2. The Kier molecular flexibility index (Phi) is 3.43. The maximum Gasteiger partial charge on any atom is 0.281 e. The van der Waals surface area contributed by atoms with Crippen molar-refractivity contribution in [3.05, 3.63) is 40.3 Å². The van der Waals surface area contributed by atoms with Crippen LogP contribution in [0, 0.1) is 15.9 Å². The van der Waals surface area contributed by atoms with Crippen LogP contribution in [-0.4, -0.2) is 27.5 Å². The zero-order valence-electron chi connectivity index (χ0n) is 10.5. The Balaban J connectivity index is 2.13. The van der Waals surface area contributed by atoms with Gasteiger partial charge in [0.15, 0.2) is 5.82 Å². The third kappa shape index (κ3) is 2.29. The van der Waals surface area contributed by atoms with E-state index in [0.29, 0.717) is 10.9 Å². The SMILES string of the molecule is O=[N+]([O-])c1cc(F)c(NC2CCSC2)c2ncccc12. The van der Waals surface area contributed by atoms with Gasteiger partial charge in [-0.1, -0.05) is 0 Å². The van der Waals surface area contributed by atoms with Crippen molar-refractivity contribution in [2.45, 2.75) is 12.5 Å². The number of nitrogens with one attached hydrogen (secondary N) is 1. The van der Waals surface area contributed by atoms with Crippen molar-refractivity contribution in [2.75, 3.05) is 16.8 Å². The average molecular weight is 293 g/mol. The highest BCUT2D eigenvalue weighted by atomic mass is 32.2. The number of nitrogens with zero attached hydrogens (tertiary/aromatic N) is 2. The Labute approximate surface area is 118 Å². The molecule has 2 aromatic rings. The highest BCUT2D eigenvalue weighted by Crippen LogP contribution is 2.34. The molecule has 0 amide bonds. The standard InChI is InChI=1S/C13H12FN3O2S/c14-10-6-11(17(18)19)9-2-1-4-15-12(9)13(10)16-8-3-5-20-7-8/h1-2,4,6,8,16H,3,5,7H2. The van der Waals surface area contributed by atoms with Crippen LogP contribution >= 0.6 is 11.8 Å². The average Bonchev–Trinajstić information content (AvgIpc) is 2.94. The quantitative estimate of drug-likeness (QED) is 0.695. The summed E-state index contributed by atoms with van der Waals surface area (Å²) in [7, 11) is 0. The predicted molar refractivity (Wildman–Crippen MR) is 77.7 cm³/mol. The van der Waals surface area contributed by atoms with Crippen LogP contribution in [0.15, 0.2) is 24.4 Å². The number of fused-ring (bicyclic) bond motifs is 1. The summed E-state index contributed by atoms with van der Waals surface area (Å²) in [4.78, 5) is 14.5. The number of rotatable bonds is 3. The van der Waals surface area contributed by atoms with Crippen LogP contribution < -0.4 is 5.32 Å². The number of anilines is 1. The Bertz CT molecular complexity index is 674. The van der Waals surface area contributed by atoms with E-state index < -0.39 is 10.7 Å².